The third-order valence-electron chi connectivity index (χ3n) is 4.79. The van der Waals surface area contributed by atoms with Crippen molar-refractivity contribution in [2.45, 2.75) is 47.2 Å². The number of ether oxygens (including phenoxy) is 1. The maximum absolute atomic E-state index is 13.1. The molecule has 1 atom stereocenters. The molecule has 0 aliphatic rings. The van der Waals surface area contributed by atoms with Crippen molar-refractivity contribution < 1.29 is 14.3 Å². The number of hydrogen-bond acceptors (Lipinski definition) is 3. The minimum Gasteiger partial charge on any atom is -0.483 e. The van der Waals surface area contributed by atoms with Crippen molar-refractivity contribution in [2.24, 2.45) is 5.92 Å². The molecule has 5 nitrogen and oxygen atoms in total. The van der Waals surface area contributed by atoms with Crippen LogP contribution in [0.5, 0.6) is 5.75 Å². The van der Waals surface area contributed by atoms with E-state index in [0.29, 0.717) is 24.8 Å². The van der Waals surface area contributed by atoms with Gasteiger partial charge in [-0.25, -0.2) is 0 Å². The van der Waals surface area contributed by atoms with Crippen LogP contribution in [0.2, 0.25) is 0 Å². The summed E-state index contributed by atoms with van der Waals surface area (Å²) in [4.78, 5) is 27.3. The maximum atomic E-state index is 13.1. The van der Waals surface area contributed by atoms with Gasteiger partial charge in [0.1, 0.15) is 11.8 Å². The Bertz CT molecular complexity index is 883. The molecule has 0 heterocycles. The molecule has 2 rings (SSSR count). The fourth-order valence-electron chi connectivity index (χ4n) is 2.95. The Morgan fingerprint density at radius 2 is 1.83 bits per heavy atom. The van der Waals surface area contributed by atoms with Gasteiger partial charge in [0.25, 0.3) is 5.91 Å². The molecule has 0 unspecified atom stereocenters. The Kier molecular flexibility index (Phi) is 8.90. The summed E-state index contributed by atoms with van der Waals surface area (Å²) in [5, 5.41) is 2.92. The number of nitrogens with zero attached hydrogens (tertiary/aromatic N) is 1. The minimum atomic E-state index is -0.613. The summed E-state index contributed by atoms with van der Waals surface area (Å²) < 4.78 is 6.74. The topological polar surface area (TPSA) is 58.6 Å². The van der Waals surface area contributed by atoms with Crippen LogP contribution in [-0.2, 0) is 16.1 Å². The first-order valence-electron chi connectivity index (χ1n) is 10.2. The molecule has 0 bridgehead atoms. The van der Waals surface area contributed by atoms with Crippen LogP contribution in [0.1, 0.15) is 37.5 Å². The number of amides is 2. The number of carbonyl (C=O) groups excluding carboxylic acids is 2. The second-order valence-electron chi connectivity index (χ2n) is 8.02. The Labute approximate surface area is 187 Å². The molecule has 2 aromatic rings. The van der Waals surface area contributed by atoms with E-state index in [9.17, 15) is 9.59 Å². The van der Waals surface area contributed by atoms with Gasteiger partial charge >= 0.3 is 0 Å². The smallest absolute Gasteiger partial charge is 0.261 e. The summed E-state index contributed by atoms with van der Waals surface area (Å²) in [6.07, 6.45) is 0. The molecule has 30 heavy (non-hydrogen) atoms. The van der Waals surface area contributed by atoms with Crippen LogP contribution in [-0.4, -0.2) is 35.9 Å². The van der Waals surface area contributed by atoms with Gasteiger partial charge in [0, 0.05) is 17.6 Å². The lowest BCUT2D eigenvalue weighted by molar-refractivity contribution is -0.142. The molecule has 0 aliphatic heterocycles. The number of rotatable bonds is 9. The zero-order chi connectivity index (χ0) is 22.3. The molecule has 0 fully saturated rings. The van der Waals surface area contributed by atoms with E-state index in [1.165, 1.54) is 0 Å². The highest BCUT2D eigenvalue weighted by Crippen LogP contribution is 2.20. The molecular formula is C24H31BrN2O3. The molecular weight excluding hydrogens is 444 g/mol. The Balaban J connectivity index is 2.17. The maximum Gasteiger partial charge on any atom is 0.261 e. The average Bonchev–Trinajstić information content (AvgIpc) is 2.70. The van der Waals surface area contributed by atoms with Gasteiger partial charge in [-0.15, -0.1) is 0 Å². The van der Waals surface area contributed by atoms with Gasteiger partial charge in [0.05, 0.1) is 0 Å². The van der Waals surface area contributed by atoms with Gasteiger partial charge in [-0.1, -0.05) is 54.0 Å². The second-order valence-corrected chi connectivity index (χ2v) is 8.94. The van der Waals surface area contributed by atoms with E-state index in [0.717, 1.165) is 21.2 Å². The van der Waals surface area contributed by atoms with Crippen molar-refractivity contribution >= 4 is 27.7 Å². The predicted molar refractivity (Wildman–Crippen MR) is 123 cm³/mol. The van der Waals surface area contributed by atoms with Crippen molar-refractivity contribution in [3.8, 4) is 5.75 Å². The zero-order valence-corrected chi connectivity index (χ0v) is 20.0. The van der Waals surface area contributed by atoms with Crippen LogP contribution in [0.25, 0.3) is 0 Å². The summed E-state index contributed by atoms with van der Waals surface area (Å²) in [5.74, 6) is 0.618. The van der Waals surface area contributed by atoms with Crippen LogP contribution in [0, 0.1) is 19.8 Å². The number of aryl methyl sites for hydroxylation is 2. The van der Waals surface area contributed by atoms with E-state index in [4.69, 9.17) is 4.74 Å². The monoisotopic (exact) mass is 474 g/mol. The van der Waals surface area contributed by atoms with E-state index in [1.54, 1.807) is 11.8 Å². The highest BCUT2D eigenvalue weighted by molar-refractivity contribution is 9.10. The average molecular weight is 475 g/mol. The largest absolute Gasteiger partial charge is 0.483 e. The molecule has 1 N–H and O–H groups in total. The summed E-state index contributed by atoms with van der Waals surface area (Å²) in [6, 6.07) is 13.0. The standard InChI is InChI=1S/C24H31BrN2O3/c1-16(2)13-26-24(29)19(5)27(14-20-7-6-8-21(25)12-20)23(28)15-30-22-11-17(3)9-10-18(22)4/h6-12,16,19H,13-15H2,1-5H3,(H,26,29)/t19-/m1/s1. The Hall–Kier alpha value is -2.34. The van der Waals surface area contributed by atoms with E-state index in [1.807, 2.05) is 70.2 Å². The van der Waals surface area contributed by atoms with Crippen LogP contribution >= 0.6 is 15.9 Å². The number of hydrogen-bond donors (Lipinski definition) is 1. The molecule has 0 saturated carbocycles. The normalized spacial score (nSPS) is 11.8. The molecule has 162 valence electrons. The first kappa shape index (κ1) is 23.9. The van der Waals surface area contributed by atoms with Gasteiger partial charge in [-0.05, 0) is 61.6 Å². The third kappa shape index (κ3) is 7.17. The molecule has 0 saturated heterocycles. The number of nitrogens with one attached hydrogen (secondary N) is 1. The summed E-state index contributed by atoms with van der Waals surface area (Å²) in [5.41, 5.74) is 2.97. The van der Waals surface area contributed by atoms with Crippen molar-refractivity contribution in [1.29, 1.82) is 0 Å². The first-order chi connectivity index (χ1) is 14.2. The zero-order valence-electron chi connectivity index (χ0n) is 18.4. The predicted octanol–water partition coefficient (Wildman–Crippen LogP) is 4.63. The number of carbonyl (C=O) groups is 2. The number of benzene rings is 2. The Morgan fingerprint density at radius 3 is 2.50 bits per heavy atom. The first-order valence-corrected chi connectivity index (χ1v) is 11.0. The van der Waals surface area contributed by atoms with Gasteiger partial charge in [0.15, 0.2) is 6.61 Å². The van der Waals surface area contributed by atoms with Crippen LogP contribution in [0.3, 0.4) is 0 Å². The highest BCUT2D eigenvalue weighted by Gasteiger charge is 2.26. The van der Waals surface area contributed by atoms with Crippen molar-refractivity contribution in [3.63, 3.8) is 0 Å². The van der Waals surface area contributed by atoms with Crippen molar-refractivity contribution in [2.75, 3.05) is 13.2 Å². The summed E-state index contributed by atoms with van der Waals surface area (Å²) in [7, 11) is 0. The SMILES string of the molecule is Cc1ccc(C)c(OCC(=O)N(Cc2cccc(Br)c2)[C@H](C)C(=O)NCC(C)C)c1. The molecule has 0 radical (unpaired) electrons. The molecule has 0 spiro atoms. The highest BCUT2D eigenvalue weighted by atomic mass is 79.9. The van der Waals surface area contributed by atoms with Gasteiger partial charge in [-0.3, -0.25) is 9.59 Å². The minimum absolute atomic E-state index is 0.125. The summed E-state index contributed by atoms with van der Waals surface area (Å²) >= 11 is 3.46. The molecule has 0 aromatic heterocycles. The number of halogens is 1. The fourth-order valence-corrected chi connectivity index (χ4v) is 3.40. The second kappa shape index (κ2) is 11.2. The lowest BCUT2D eigenvalue weighted by Gasteiger charge is -2.29. The van der Waals surface area contributed by atoms with Crippen molar-refractivity contribution in [1.82, 2.24) is 10.2 Å². The van der Waals surface area contributed by atoms with Crippen LogP contribution < -0.4 is 10.1 Å². The quantitative estimate of drug-likeness (QED) is 0.575. The fraction of sp³-hybridized carbons (Fsp3) is 0.417. The summed E-state index contributed by atoms with van der Waals surface area (Å²) in [6.45, 7) is 10.5. The van der Waals surface area contributed by atoms with Gasteiger partial charge in [0.2, 0.25) is 5.91 Å². The molecule has 2 amide bonds. The van der Waals surface area contributed by atoms with E-state index >= 15 is 0 Å². The third-order valence-corrected chi connectivity index (χ3v) is 5.28. The van der Waals surface area contributed by atoms with E-state index in [-0.39, 0.29) is 18.4 Å². The van der Waals surface area contributed by atoms with Gasteiger partial charge in [-0.2, -0.15) is 0 Å². The molecule has 0 aliphatic carbocycles. The molecule has 6 heteroatoms. The van der Waals surface area contributed by atoms with Crippen LogP contribution in [0.4, 0.5) is 0 Å². The lowest BCUT2D eigenvalue weighted by Crippen LogP contribution is -2.49. The van der Waals surface area contributed by atoms with Gasteiger partial charge < -0.3 is 15.0 Å². The van der Waals surface area contributed by atoms with Crippen LogP contribution in [0.15, 0.2) is 46.9 Å². The van der Waals surface area contributed by atoms with Crippen molar-refractivity contribution in [3.05, 3.63) is 63.6 Å². The molecule has 2 aromatic carbocycles. The lowest BCUT2D eigenvalue weighted by atomic mass is 10.1. The van der Waals surface area contributed by atoms with E-state index in [2.05, 4.69) is 21.2 Å². The van der Waals surface area contributed by atoms with E-state index < -0.39 is 6.04 Å². The Morgan fingerprint density at radius 1 is 1.10 bits per heavy atom.